The summed E-state index contributed by atoms with van der Waals surface area (Å²) in [6.45, 7) is 4.28. The summed E-state index contributed by atoms with van der Waals surface area (Å²) >= 11 is 1.31. The van der Waals surface area contributed by atoms with E-state index in [0.717, 1.165) is 34.7 Å². The number of carbonyl (C=O) groups is 1. The fourth-order valence-corrected chi connectivity index (χ4v) is 5.52. The van der Waals surface area contributed by atoms with Crippen molar-refractivity contribution in [3.63, 3.8) is 0 Å². The number of aromatic nitrogens is 3. The van der Waals surface area contributed by atoms with Gasteiger partial charge in [-0.3, -0.25) is 4.79 Å². The summed E-state index contributed by atoms with van der Waals surface area (Å²) in [7, 11) is 0. The van der Waals surface area contributed by atoms with Crippen molar-refractivity contribution < 1.29 is 9.90 Å². The molecule has 3 saturated carbocycles. The van der Waals surface area contributed by atoms with Crippen molar-refractivity contribution in [2.75, 3.05) is 5.75 Å². The number of hydrogen-bond acceptors (Lipinski definition) is 4. The van der Waals surface area contributed by atoms with Crippen LogP contribution in [0.15, 0.2) is 5.16 Å². The van der Waals surface area contributed by atoms with Crippen molar-refractivity contribution >= 4 is 17.7 Å². The van der Waals surface area contributed by atoms with Crippen LogP contribution in [0.1, 0.15) is 50.9 Å². The molecule has 0 aromatic carbocycles. The van der Waals surface area contributed by atoms with E-state index in [0.29, 0.717) is 12.0 Å². The van der Waals surface area contributed by atoms with Gasteiger partial charge in [0.25, 0.3) is 0 Å². The molecule has 2 bridgehead atoms. The fourth-order valence-electron chi connectivity index (χ4n) is 4.81. The van der Waals surface area contributed by atoms with Gasteiger partial charge in [0.2, 0.25) is 0 Å². The Labute approximate surface area is 128 Å². The van der Waals surface area contributed by atoms with E-state index in [1.807, 2.05) is 0 Å². The molecular formula is C15H21N3O2S. The zero-order valence-corrected chi connectivity index (χ0v) is 13.2. The quantitative estimate of drug-likeness (QED) is 0.847. The van der Waals surface area contributed by atoms with Gasteiger partial charge in [-0.15, -0.1) is 10.2 Å². The molecule has 114 valence electrons. The maximum atomic E-state index is 10.8. The van der Waals surface area contributed by atoms with Crippen LogP contribution in [0.5, 0.6) is 0 Å². The van der Waals surface area contributed by atoms with Gasteiger partial charge in [0.05, 0.1) is 5.75 Å². The predicted molar refractivity (Wildman–Crippen MR) is 79.3 cm³/mol. The van der Waals surface area contributed by atoms with Crippen molar-refractivity contribution in [2.45, 2.75) is 50.2 Å². The second kappa shape index (κ2) is 4.73. The molecular weight excluding hydrogens is 286 g/mol. The molecule has 0 amide bonds. The Morgan fingerprint density at radius 1 is 1.33 bits per heavy atom. The highest BCUT2D eigenvalue weighted by Crippen LogP contribution is 2.72. The third kappa shape index (κ3) is 2.02. The summed E-state index contributed by atoms with van der Waals surface area (Å²) < 4.78 is 2.29. The number of thioether (sulfide) groups is 1. The molecule has 3 aliphatic rings. The van der Waals surface area contributed by atoms with Crippen LogP contribution in [-0.2, 0) is 4.79 Å². The van der Waals surface area contributed by atoms with Gasteiger partial charge in [0.15, 0.2) is 5.16 Å². The molecule has 0 saturated heterocycles. The average Bonchev–Trinajstić information content (AvgIpc) is 2.84. The first-order chi connectivity index (χ1) is 10.1. The molecule has 6 heteroatoms. The lowest BCUT2D eigenvalue weighted by atomic mass is 10.0. The lowest BCUT2D eigenvalue weighted by Gasteiger charge is -2.15. The molecule has 1 aromatic rings. The summed E-state index contributed by atoms with van der Waals surface area (Å²) in [5.74, 6) is 4.02. The third-order valence-electron chi connectivity index (χ3n) is 5.52. The Balaban J connectivity index is 1.64. The maximum absolute atomic E-state index is 10.8. The number of carboxylic acid groups (broad SMARTS) is 1. The van der Waals surface area contributed by atoms with Gasteiger partial charge in [-0.1, -0.05) is 25.6 Å². The summed E-state index contributed by atoms with van der Waals surface area (Å²) in [6.07, 6.45) is 4.20. The summed E-state index contributed by atoms with van der Waals surface area (Å²) in [5, 5.41) is 18.4. The van der Waals surface area contributed by atoms with Crippen molar-refractivity contribution in [1.82, 2.24) is 14.8 Å². The van der Waals surface area contributed by atoms with Crippen LogP contribution < -0.4 is 0 Å². The number of hydrogen-bond donors (Lipinski definition) is 1. The van der Waals surface area contributed by atoms with E-state index in [9.17, 15) is 4.79 Å². The van der Waals surface area contributed by atoms with E-state index in [1.54, 1.807) is 0 Å². The number of carboxylic acids is 1. The maximum Gasteiger partial charge on any atom is 0.313 e. The van der Waals surface area contributed by atoms with Crippen LogP contribution >= 0.6 is 11.8 Å². The highest BCUT2D eigenvalue weighted by molar-refractivity contribution is 7.99. The number of rotatable bonds is 5. The lowest BCUT2D eigenvalue weighted by Crippen LogP contribution is -2.11. The van der Waals surface area contributed by atoms with Crippen LogP contribution in [0.4, 0.5) is 0 Å². The molecule has 0 aliphatic heterocycles. The Hall–Kier alpha value is -1.04. The van der Waals surface area contributed by atoms with Gasteiger partial charge in [0.1, 0.15) is 5.82 Å². The molecule has 0 spiro atoms. The standard InChI is InChI=1S/C15H21N3O2S/c1-7(2)14-16-17-15(21-6-10(19)20)18(14)13-11-8-3-4-9(5-8)12(11)13/h7-9,11-13H,3-6H2,1-2H3,(H,19,20). The minimum Gasteiger partial charge on any atom is -0.481 e. The third-order valence-corrected chi connectivity index (χ3v) is 6.45. The largest absolute Gasteiger partial charge is 0.481 e. The second-order valence-corrected chi connectivity index (χ2v) is 7.97. The SMILES string of the molecule is CC(C)c1nnc(SCC(=O)O)n1C1C2C3CCC(C3)C21. The first kappa shape index (κ1) is 13.6. The Kier molecular flexibility index (Phi) is 3.07. The minimum atomic E-state index is -0.795. The van der Waals surface area contributed by atoms with Gasteiger partial charge in [-0.25, -0.2) is 0 Å². The molecule has 4 unspecified atom stereocenters. The van der Waals surface area contributed by atoms with Gasteiger partial charge in [0, 0.05) is 12.0 Å². The average molecular weight is 307 g/mol. The van der Waals surface area contributed by atoms with Crippen LogP contribution in [0.2, 0.25) is 0 Å². The highest BCUT2D eigenvalue weighted by atomic mass is 32.2. The minimum absolute atomic E-state index is 0.0607. The zero-order chi connectivity index (χ0) is 14.7. The van der Waals surface area contributed by atoms with E-state index in [-0.39, 0.29) is 5.75 Å². The van der Waals surface area contributed by atoms with Crippen molar-refractivity contribution in [2.24, 2.45) is 23.7 Å². The van der Waals surface area contributed by atoms with Crippen LogP contribution in [0.3, 0.4) is 0 Å². The molecule has 1 heterocycles. The Morgan fingerprint density at radius 2 is 2.00 bits per heavy atom. The van der Waals surface area contributed by atoms with Crippen molar-refractivity contribution in [3.05, 3.63) is 5.82 Å². The Bertz CT molecular complexity index is 569. The van der Waals surface area contributed by atoms with E-state index in [2.05, 4.69) is 28.6 Å². The smallest absolute Gasteiger partial charge is 0.313 e. The number of aliphatic carboxylic acids is 1. The fraction of sp³-hybridized carbons (Fsp3) is 0.800. The topological polar surface area (TPSA) is 68.0 Å². The Morgan fingerprint density at radius 3 is 2.57 bits per heavy atom. The van der Waals surface area contributed by atoms with Crippen molar-refractivity contribution in [3.8, 4) is 0 Å². The van der Waals surface area contributed by atoms with Crippen LogP contribution in [-0.4, -0.2) is 31.6 Å². The molecule has 4 atom stereocenters. The van der Waals surface area contributed by atoms with Gasteiger partial charge in [-0.2, -0.15) is 0 Å². The van der Waals surface area contributed by atoms with E-state index in [1.165, 1.54) is 31.0 Å². The lowest BCUT2D eigenvalue weighted by molar-refractivity contribution is -0.133. The van der Waals surface area contributed by atoms with Crippen LogP contribution in [0.25, 0.3) is 0 Å². The highest BCUT2D eigenvalue weighted by Gasteiger charge is 2.66. The molecule has 0 radical (unpaired) electrons. The second-order valence-electron chi connectivity index (χ2n) is 7.03. The first-order valence-electron chi connectivity index (χ1n) is 7.87. The normalized spacial score (nSPS) is 36.2. The molecule has 3 aliphatic carbocycles. The van der Waals surface area contributed by atoms with Gasteiger partial charge in [-0.05, 0) is 42.9 Å². The monoisotopic (exact) mass is 307 g/mol. The molecule has 4 rings (SSSR count). The molecule has 21 heavy (non-hydrogen) atoms. The van der Waals surface area contributed by atoms with Crippen molar-refractivity contribution in [1.29, 1.82) is 0 Å². The molecule has 1 N–H and O–H groups in total. The molecule has 1 aromatic heterocycles. The summed E-state index contributed by atoms with van der Waals surface area (Å²) in [6, 6.07) is 0.542. The van der Waals surface area contributed by atoms with E-state index >= 15 is 0 Å². The van der Waals surface area contributed by atoms with E-state index in [4.69, 9.17) is 5.11 Å². The van der Waals surface area contributed by atoms with Gasteiger partial charge >= 0.3 is 5.97 Å². The first-order valence-corrected chi connectivity index (χ1v) is 8.86. The summed E-state index contributed by atoms with van der Waals surface area (Å²) in [4.78, 5) is 10.8. The number of fused-ring (bicyclic) bond motifs is 5. The number of nitrogens with zero attached hydrogens (tertiary/aromatic N) is 3. The molecule has 5 nitrogen and oxygen atoms in total. The van der Waals surface area contributed by atoms with E-state index < -0.39 is 5.97 Å². The predicted octanol–water partition coefficient (Wildman–Crippen LogP) is 2.80. The van der Waals surface area contributed by atoms with Gasteiger partial charge < -0.3 is 9.67 Å². The zero-order valence-electron chi connectivity index (χ0n) is 12.4. The molecule has 3 fully saturated rings. The van der Waals surface area contributed by atoms with Crippen LogP contribution in [0, 0.1) is 23.7 Å². The summed E-state index contributed by atoms with van der Waals surface area (Å²) in [5.41, 5.74) is 0.